The van der Waals surface area contributed by atoms with Crippen LogP contribution in [0.1, 0.15) is 47.2 Å². The van der Waals surface area contributed by atoms with E-state index in [4.69, 9.17) is 10.5 Å². The molecule has 0 radical (unpaired) electrons. The first-order chi connectivity index (χ1) is 15.6. The van der Waals surface area contributed by atoms with E-state index in [2.05, 4.69) is 50.3 Å². The van der Waals surface area contributed by atoms with E-state index in [0.717, 1.165) is 11.1 Å². The molecule has 0 aliphatic carbocycles. The van der Waals surface area contributed by atoms with Gasteiger partial charge in [0.2, 0.25) is 0 Å². The fourth-order valence-electron chi connectivity index (χ4n) is 3.36. The summed E-state index contributed by atoms with van der Waals surface area (Å²) in [4.78, 5) is 0. The van der Waals surface area contributed by atoms with E-state index in [1.165, 1.54) is 22.3 Å². The molecule has 4 aromatic rings. The largest absolute Gasteiger partial charge is 0.192 e. The molecule has 0 atom stereocenters. The fourth-order valence-corrected chi connectivity index (χ4v) is 3.36. The maximum Gasteiger partial charge on any atom is 0.0989 e. The molecule has 3 heteroatoms. The van der Waals surface area contributed by atoms with Crippen LogP contribution in [0.4, 0.5) is 0 Å². The van der Waals surface area contributed by atoms with Gasteiger partial charge in [0, 0.05) is 17.1 Å². The molecule has 164 valence electrons. The van der Waals surface area contributed by atoms with Gasteiger partial charge in [-0.3, -0.25) is 0 Å². The van der Waals surface area contributed by atoms with Crippen LogP contribution in [-0.4, -0.2) is 0 Å². The molecular formula is C30H24FeN2-2. The maximum absolute atomic E-state index is 8.98. The summed E-state index contributed by atoms with van der Waals surface area (Å²) >= 11 is 0. The Morgan fingerprint density at radius 3 is 1.27 bits per heavy atom. The average Bonchev–Trinajstić information content (AvgIpc) is 3.55. The first kappa shape index (κ1) is 25.4. The summed E-state index contributed by atoms with van der Waals surface area (Å²) in [6.07, 6.45) is 4.10. The molecule has 0 N–H and O–H groups in total. The van der Waals surface area contributed by atoms with E-state index >= 15 is 0 Å². The van der Waals surface area contributed by atoms with Gasteiger partial charge in [0.05, 0.1) is 23.3 Å². The van der Waals surface area contributed by atoms with Crippen LogP contribution >= 0.6 is 0 Å². The zero-order valence-corrected chi connectivity index (χ0v) is 19.7. The third kappa shape index (κ3) is 7.06. The number of allylic oxidation sites excluding steroid dienone is 2. The molecule has 0 bridgehead atoms. The number of rotatable bonds is 4. The van der Waals surface area contributed by atoms with Gasteiger partial charge >= 0.3 is 0 Å². The van der Waals surface area contributed by atoms with Crippen molar-refractivity contribution in [2.45, 2.75) is 13.8 Å². The Hall–Kier alpha value is -3.88. The first-order valence-corrected chi connectivity index (χ1v) is 10.4. The van der Waals surface area contributed by atoms with Gasteiger partial charge < -0.3 is 0 Å². The molecule has 4 rings (SSSR count). The molecule has 4 aromatic carbocycles. The summed E-state index contributed by atoms with van der Waals surface area (Å²) in [5.41, 5.74) is 8.13. The van der Waals surface area contributed by atoms with Crippen LogP contribution in [0, 0.1) is 22.7 Å². The monoisotopic (exact) mass is 468 g/mol. The summed E-state index contributed by atoms with van der Waals surface area (Å²) in [6.45, 7) is 4.12. The minimum Gasteiger partial charge on any atom is -0.192 e. The quantitative estimate of drug-likeness (QED) is 0.228. The Labute approximate surface area is 207 Å². The Morgan fingerprint density at radius 2 is 0.939 bits per heavy atom. The average molecular weight is 468 g/mol. The standard InChI is InChI=1S/2C15H12N.Fe/c2*1-12(13-6-2-3-7-13)10-14-8-4-5-9-15(14)11-16;/h2*2-10H,1H3;/q2*-1;. The van der Waals surface area contributed by atoms with Gasteiger partial charge in [0.15, 0.2) is 0 Å². The van der Waals surface area contributed by atoms with E-state index < -0.39 is 0 Å². The van der Waals surface area contributed by atoms with Crippen molar-refractivity contribution in [2.24, 2.45) is 0 Å². The van der Waals surface area contributed by atoms with Gasteiger partial charge in [-0.15, -0.1) is 58.7 Å². The number of hydrogen-bond acceptors (Lipinski definition) is 2. The summed E-state index contributed by atoms with van der Waals surface area (Å²) in [5.74, 6) is 0. The SMILES string of the molecule is CC(=Cc1ccccc1C#N)[c-]1cccc1.CC(=Cc1ccccc1C#N)[c-]1cccc1.[Fe]. The molecule has 0 unspecified atom stereocenters. The zero-order chi connectivity index (χ0) is 22.8. The summed E-state index contributed by atoms with van der Waals surface area (Å²) in [6, 6.07) is 36.0. The van der Waals surface area contributed by atoms with Crippen molar-refractivity contribution in [1.29, 1.82) is 10.5 Å². The molecule has 0 heterocycles. The van der Waals surface area contributed by atoms with Crippen LogP contribution in [-0.2, 0) is 17.1 Å². The molecule has 0 spiro atoms. The van der Waals surface area contributed by atoms with Crippen molar-refractivity contribution >= 4 is 23.3 Å². The fraction of sp³-hybridized carbons (Fsp3) is 0.0667. The number of nitriles is 2. The maximum atomic E-state index is 8.98. The zero-order valence-electron chi connectivity index (χ0n) is 18.6. The number of benzene rings is 2. The second-order valence-corrected chi connectivity index (χ2v) is 7.40. The first-order valence-electron chi connectivity index (χ1n) is 10.4. The third-order valence-corrected chi connectivity index (χ3v) is 5.14. The van der Waals surface area contributed by atoms with Crippen molar-refractivity contribution in [3.05, 3.63) is 130 Å². The summed E-state index contributed by atoms with van der Waals surface area (Å²) < 4.78 is 0. The van der Waals surface area contributed by atoms with E-state index in [1.54, 1.807) is 0 Å². The van der Waals surface area contributed by atoms with Crippen molar-refractivity contribution < 1.29 is 17.1 Å². The van der Waals surface area contributed by atoms with Crippen LogP contribution < -0.4 is 0 Å². The van der Waals surface area contributed by atoms with E-state index in [9.17, 15) is 0 Å². The Morgan fingerprint density at radius 1 is 0.606 bits per heavy atom. The molecule has 2 nitrogen and oxygen atoms in total. The van der Waals surface area contributed by atoms with Crippen molar-refractivity contribution in [3.8, 4) is 12.1 Å². The van der Waals surface area contributed by atoms with Gasteiger partial charge in [0.1, 0.15) is 0 Å². The van der Waals surface area contributed by atoms with Gasteiger partial charge in [-0.25, -0.2) is 0 Å². The van der Waals surface area contributed by atoms with Crippen LogP contribution in [0.3, 0.4) is 0 Å². The molecule has 0 saturated heterocycles. The molecule has 0 aliphatic heterocycles. The van der Waals surface area contributed by atoms with Gasteiger partial charge in [-0.2, -0.15) is 34.8 Å². The molecule has 33 heavy (non-hydrogen) atoms. The Balaban J connectivity index is 0.000000227. The Bertz CT molecular complexity index is 1190. The van der Waals surface area contributed by atoms with E-state index in [0.29, 0.717) is 11.1 Å². The summed E-state index contributed by atoms with van der Waals surface area (Å²) in [5, 5.41) is 18.0. The minimum absolute atomic E-state index is 0. The molecule has 0 saturated carbocycles. The van der Waals surface area contributed by atoms with Crippen LogP contribution in [0.5, 0.6) is 0 Å². The Kier molecular flexibility index (Phi) is 9.88. The van der Waals surface area contributed by atoms with E-state index in [-0.39, 0.29) is 17.1 Å². The smallest absolute Gasteiger partial charge is 0.0989 e. The third-order valence-electron chi connectivity index (χ3n) is 5.14. The predicted octanol–water partition coefficient (Wildman–Crippen LogP) is 7.67. The van der Waals surface area contributed by atoms with E-state index in [1.807, 2.05) is 84.9 Å². The van der Waals surface area contributed by atoms with Crippen LogP contribution in [0.15, 0.2) is 97.1 Å². The molecule has 0 aliphatic rings. The van der Waals surface area contributed by atoms with Crippen LogP contribution in [0.25, 0.3) is 23.3 Å². The van der Waals surface area contributed by atoms with Crippen molar-refractivity contribution in [1.82, 2.24) is 0 Å². The van der Waals surface area contributed by atoms with Gasteiger partial charge in [-0.05, 0) is 23.3 Å². The second kappa shape index (κ2) is 12.8. The second-order valence-electron chi connectivity index (χ2n) is 7.40. The summed E-state index contributed by atoms with van der Waals surface area (Å²) in [7, 11) is 0. The number of nitrogens with zero attached hydrogens (tertiary/aromatic N) is 2. The predicted molar refractivity (Wildman–Crippen MR) is 133 cm³/mol. The van der Waals surface area contributed by atoms with Gasteiger partial charge in [0.25, 0.3) is 0 Å². The topological polar surface area (TPSA) is 47.6 Å². The molecule has 0 fully saturated rings. The number of hydrogen-bond donors (Lipinski definition) is 0. The molecular weight excluding hydrogens is 444 g/mol. The van der Waals surface area contributed by atoms with Crippen LogP contribution in [0.2, 0.25) is 0 Å². The minimum atomic E-state index is 0. The molecule has 0 aromatic heterocycles. The normalized spacial score (nSPS) is 10.8. The van der Waals surface area contributed by atoms with Crippen molar-refractivity contribution in [2.75, 3.05) is 0 Å². The molecule has 0 amide bonds. The van der Waals surface area contributed by atoms with Crippen molar-refractivity contribution in [3.63, 3.8) is 0 Å². The van der Waals surface area contributed by atoms with Gasteiger partial charge in [-0.1, -0.05) is 50.2 Å².